The van der Waals surface area contributed by atoms with Gasteiger partial charge in [0.15, 0.2) is 0 Å². The third-order valence-corrected chi connectivity index (χ3v) is 4.46. The first-order valence-corrected chi connectivity index (χ1v) is 6.89. The minimum absolute atomic E-state index is 0.258. The van der Waals surface area contributed by atoms with Crippen LogP contribution < -0.4 is 11.3 Å². The molecule has 0 aliphatic rings. The van der Waals surface area contributed by atoms with Crippen molar-refractivity contribution < 1.29 is 4.39 Å². The van der Waals surface area contributed by atoms with Gasteiger partial charge in [-0.1, -0.05) is 29.3 Å². The molecular formula is C12H11Cl2FN2S. The standard InChI is InChI=1S/C12H11Cl2FN2S/c13-8-2-1-3-10(15)7(8)6-11(17-16)12-9(14)4-5-18-12/h1-5,11,17H,6,16H2. The topological polar surface area (TPSA) is 38.0 Å². The summed E-state index contributed by atoms with van der Waals surface area (Å²) in [7, 11) is 0. The lowest BCUT2D eigenvalue weighted by atomic mass is 10.0. The van der Waals surface area contributed by atoms with Crippen molar-refractivity contribution in [2.75, 3.05) is 0 Å². The molecule has 6 heteroatoms. The minimum Gasteiger partial charge on any atom is -0.271 e. The minimum atomic E-state index is -0.338. The highest BCUT2D eigenvalue weighted by molar-refractivity contribution is 7.10. The maximum atomic E-state index is 13.7. The van der Waals surface area contributed by atoms with Crippen molar-refractivity contribution in [1.29, 1.82) is 0 Å². The number of nitrogens with two attached hydrogens (primary N) is 1. The number of rotatable bonds is 4. The van der Waals surface area contributed by atoms with Gasteiger partial charge in [-0.25, -0.2) is 4.39 Å². The molecule has 1 atom stereocenters. The maximum absolute atomic E-state index is 13.7. The Bertz CT molecular complexity index is 524. The second kappa shape index (κ2) is 5.99. The van der Waals surface area contributed by atoms with Crippen LogP contribution in [0.15, 0.2) is 29.6 Å². The Labute approximate surface area is 118 Å². The van der Waals surface area contributed by atoms with Gasteiger partial charge in [-0.05, 0) is 30.0 Å². The summed E-state index contributed by atoms with van der Waals surface area (Å²) in [6.07, 6.45) is 0.349. The second-order valence-electron chi connectivity index (χ2n) is 3.76. The van der Waals surface area contributed by atoms with Crippen LogP contribution in [0.2, 0.25) is 10.0 Å². The highest BCUT2D eigenvalue weighted by Gasteiger charge is 2.18. The summed E-state index contributed by atoms with van der Waals surface area (Å²) in [6, 6.07) is 6.14. The third-order valence-electron chi connectivity index (χ3n) is 2.63. The van der Waals surface area contributed by atoms with Gasteiger partial charge in [0.1, 0.15) is 5.82 Å². The van der Waals surface area contributed by atoms with Gasteiger partial charge < -0.3 is 0 Å². The summed E-state index contributed by atoms with van der Waals surface area (Å²) in [5.41, 5.74) is 3.09. The van der Waals surface area contributed by atoms with Crippen LogP contribution in [0.4, 0.5) is 4.39 Å². The number of thiophene rings is 1. The molecule has 0 amide bonds. The van der Waals surface area contributed by atoms with Gasteiger partial charge in [0, 0.05) is 15.5 Å². The van der Waals surface area contributed by atoms with E-state index in [1.807, 2.05) is 5.38 Å². The molecule has 0 saturated carbocycles. The molecule has 0 bridgehead atoms. The monoisotopic (exact) mass is 304 g/mol. The Morgan fingerprint density at radius 2 is 2.06 bits per heavy atom. The smallest absolute Gasteiger partial charge is 0.127 e. The largest absolute Gasteiger partial charge is 0.271 e. The lowest BCUT2D eigenvalue weighted by Crippen LogP contribution is -2.29. The van der Waals surface area contributed by atoms with Crippen LogP contribution in [0.25, 0.3) is 0 Å². The predicted octanol–water partition coefficient (Wildman–Crippen LogP) is 3.94. The van der Waals surface area contributed by atoms with Crippen molar-refractivity contribution in [3.8, 4) is 0 Å². The van der Waals surface area contributed by atoms with E-state index in [9.17, 15) is 4.39 Å². The zero-order chi connectivity index (χ0) is 13.1. The van der Waals surface area contributed by atoms with Crippen molar-refractivity contribution in [2.45, 2.75) is 12.5 Å². The van der Waals surface area contributed by atoms with E-state index in [0.29, 0.717) is 22.0 Å². The van der Waals surface area contributed by atoms with Gasteiger partial charge in [0.2, 0.25) is 0 Å². The van der Waals surface area contributed by atoms with Gasteiger partial charge in [-0.3, -0.25) is 11.3 Å². The van der Waals surface area contributed by atoms with E-state index in [2.05, 4.69) is 5.43 Å². The van der Waals surface area contributed by atoms with Crippen LogP contribution in [-0.4, -0.2) is 0 Å². The molecule has 1 aromatic carbocycles. The van der Waals surface area contributed by atoms with E-state index < -0.39 is 0 Å². The van der Waals surface area contributed by atoms with Crippen LogP contribution in [0.5, 0.6) is 0 Å². The molecule has 3 N–H and O–H groups in total. The van der Waals surface area contributed by atoms with Crippen LogP contribution >= 0.6 is 34.5 Å². The van der Waals surface area contributed by atoms with E-state index >= 15 is 0 Å². The van der Waals surface area contributed by atoms with Gasteiger partial charge >= 0.3 is 0 Å². The molecule has 2 nitrogen and oxygen atoms in total. The van der Waals surface area contributed by atoms with Crippen molar-refractivity contribution in [2.24, 2.45) is 5.84 Å². The lowest BCUT2D eigenvalue weighted by Gasteiger charge is -2.16. The molecule has 2 rings (SSSR count). The van der Waals surface area contributed by atoms with Crippen LogP contribution in [0.1, 0.15) is 16.5 Å². The molecule has 0 aliphatic carbocycles. The molecule has 1 heterocycles. The second-order valence-corrected chi connectivity index (χ2v) is 5.52. The van der Waals surface area contributed by atoms with Gasteiger partial charge in [0.05, 0.1) is 11.1 Å². The normalized spacial score (nSPS) is 12.7. The van der Waals surface area contributed by atoms with Crippen molar-refractivity contribution in [1.82, 2.24) is 5.43 Å². The van der Waals surface area contributed by atoms with E-state index in [1.54, 1.807) is 18.2 Å². The first kappa shape index (κ1) is 13.8. The average molecular weight is 305 g/mol. The first-order valence-electron chi connectivity index (χ1n) is 5.25. The van der Waals surface area contributed by atoms with E-state index in [0.717, 1.165) is 4.88 Å². The van der Waals surface area contributed by atoms with Crippen molar-refractivity contribution in [3.05, 3.63) is 55.9 Å². The SMILES string of the molecule is NNC(Cc1c(F)cccc1Cl)c1sccc1Cl. The predicted molar refractivity (Wildman–Crippen MR) is 74.5 cm³/mol. The fraction of sp³-hybridized carbons (Fsp3) is 0.167. The summed E-state index contributed by atoms with van der Waals surface area (Å²) in [5.74, 6) is 5.18. The zero-order valence-corrected chi connectivity index (χ0v) is 11.6. The molecule has 18 heavy (non-hydrogen) atoms. The van der Waals surface area contributed by atoms with Crippen LogP contribution in [0.3, 0.4) is 0 Å². The summed E-state index contributed by atoms with van der Waals surface area (Å²) >= 11 is 13.5. The van der Waals surface area contributed by atoms with Crippen LogP contribution in [0, 0.1) is 5.82 Å². The van der Waals surface area contributed by atoms with Gasteiger partial charge in [-0.15, -0.1) is 11.3 Å². The molecule has 1 aromatic heterocycles. The fourth-order valence-electron chi connectivity index (χ4n) is 1.71. The Hall–Kier alpha value is -0.650. The number of hydrazine groups is 1. The molecule has 0 spiro atoms. The molecule has 0 radical (unpaired) electrons. The van der Waals surface area contributed by atoms with Gasteiger partial charge in [-0.2, -0.15) is 0 Å². The number of nitrogens with one attached hydrogen (secondary N) is 1. The molecule has 0 saturated heterocycles. The molecule has 1 unspecified atom stereocenters. The van der Waals surface area contributed by atoms with E-state index in [1.165, 1.54) is 17.4 Å². The highest BCUT2D eigenvalue weighted by atomic mass is 35.5. The van der Waals surface area contributed by atoms with E-state index in [-0.39, 0.29) is 11.9 Å². The van der Waals surface area contributed by atoms with Crippen molar-refractivity contribution in [3.63, 3.8) is 0 Å². The molecule has 0 fully saturated rings. The van der Waals surface area contributed by atoms with Gasteiger partial charge in [0.25, 0.3) is 0 Å². The first-order chi connectivity index (χ1) is 8.63. The highest BCUT2D eigenvalue weighted by Crippen LogP contribution is 2.32. The number of halogens is 3. The van der Waals surface area contributed by atoms with Crippen LogP contribution in [-0.2, 0) is 6.42 Å². The molecule has 2 aromatic rings. The Morgan fingerprint density at radius 3 is 2.61 bits per heavy atom. The molecule has 96 valence electrons. The Balaban J connectivity index is 2.29. The quantitative estimate of drug-likeness (QED) is 0.663. The molecular weight excluding hydrogens is 294 g/mol. The third kappa shape index (κ3) is 2.84. The summed E-state index contributed by atoms with van der Waals surface area (Å²) < 4.78 is 13.7. The molecule has 0 aliphatic heterocycles. The summed E-state index contributed by atoms with van der Waals surface area (Å²) in [6.45, 7) is 0. The summed E-state index contributed by atoms with van der Waals surface area (Å²) in [4.78, 5) is 0.874. The summed E-state index contributed by atoms with van der Waals surface area (Å²) in [5, 5.41) is 2.88. The number of hydrogen-bond acceptors (Lipinski definition) is 3. The fourth-order valence-corrected chi connectivity index (χ4v) is 3.20. The number of benzene rings is 1. The number of hydrogen-bond donors (Lipinski definition) is 2. The Kier molecular flexibility index (Phi) is 4.59. The lowest BCUT2D eigenvalue weighted by molar-refractivity contribution is 0.535. The zero-order valence-electron chi connectivity index (χ0n) is 9.29. The average Bonchev–Trinajstić information content (AvgIpc) is 2.76. The van der Waals surface area contributed by atoms with E-state index in [4.69, 9.17) is 29.0 Å². The van der Waals surface area contributed by atoms with Crippen molar-refractivity contribution >= 4 is 34.5 Å². The Morgan fingerprint density at radius 1 is 1.28 bits per heavy atom. The maximum Gasteiger partial charge on any atom is 0.127 e.